The molecule has 1 aromatic rings. The van der Waals surface area contributed by atoms with Crippen LogP contribution in [-0.2, 0) is 20.7 Å². The summed E-state index contributed by atoms with van der Waals surface area (Å²) in [5.74, 6) is 0.509. The van der Waals surface area contributed by atoms with Crippen molar-refractivity contribution in [3.63, 3.8) is 0 Å². The average molecular weight is 348 g/mol. The minimum atomic E-state index is -0.486. The first-order chi connectivity index (χ1) is 11.1. The van der Waals surface area contributed by atoms with Gasteiger partial charge in [0.1, 0.15) is 0 Å². The summed E-state index contributed by atoms with van der Waals surface area (Å²) in [4.78, 5) is 11.4. The second kappa shape index (κ2) is 7.44. The lowest BCUT2D eigenvalue weighted by Gasteiger charge is -2.32. The van der Waals surface area contributed by atoms with Gasteiger partial charge >= 0.3 is 7.12 Å². The zero-order valence-electron chi connectivity index (χ0n) is 15.0. The van der Waals surface area contributed by atoms with Crippen LogP contribution in [0.2, 0.25) is 0 Å². The topological polar surface area (TPSA) is 55.8 Å². The Morgan fingerprint density at radius 3 is 2.42 bits per heavy atom. The molecule has 0 aliphatic carbocycles. The van der Waals surface area contributed by atoms with Gasteiger partial charge < -0.3 is 14.4 Å². The maximum Gasteiger partial charge on any atom is 0.491 e. The molecule has 2 rings (SSSR count). The van der Waals surface area contributed by atoms with Crippen molar-refractivity contribution in [3.05, 3.63) is 40.9 Å². The van der Waals surface area contributed by atoms with Crippen molar-refractivity contribution in [2.75, 3.05) is 5.75 Å². The van der Waals surface area contributed by atoms with Crippen LogP contribution in [0.3, 0.4) is 0 Å². The number of rotatable bonds is 5. The fourth-order valence-corrected chi connectivity index (χ4v) is 2.94. The molecule has 0 spiro atoms. The van der Waals surface area contributed by atoms with E-state index in [9.17, 15) is 9.90 Å². The van der Waals surface area contributed by atoms with Crippen molar-refractivity contribution in [3.8, 4) is 0 Å². The highest BCUT2D eigenvalue weighted by Gasteiger charge is 2.52. The van der Waals surface area contributed by atoms with Crippen molar-refractivity contribution >= 4 is 30.1 Å². The van der Waals surface area contributed by atoms with Crippen molar-refractivity contribution in [2.45, 2.75) is 52.4 Å². The van der Waals surface area contributed by atoms with E-state index in [2.05, 4.69) is 0 Å². The van der Waals surface area contributed by atoms with Gasteiger partial charge in [0.15, 0.2) is 5.12 Å². The van der Waals surface area contributed by atoms with Gasteiger partial charge in [-0.2, -0.15) is 0 Å². The fraction of sp³-hybridized carbons (Fsp3) is 0.500. The fourth-order valence-electron chi connectivity index (χ4n) is 2.35. The van der Waals surface area contributed by atoms with Crippen LogP contribution in [0.25, 0.3) is 6.08 Å². The monoisotopic (exact) mass is 348 g/mol. The summed E-state index contributed by atoms with van der Waals surface area (Å²) in [5.41, 5.74) is 1.85. The van der Waals surface area contributed by atoms with Crippen LogP contribution in [-0.4, -0.2) is 34.3 Å². The zero-order valence-corrected chi connectivity index (χ0v) is 15.8. The molecule has 1 saturated heterocycles. The van der Waals surface area contributed by atoms with Crippen LogP contribution < -0.4 is 0 Å². The second-order valence-electron chi connectivity index (χ2n) is 6.99. The minimum absolute atomic E-state index is 0.00427. The van der Waals surface area contributed by atoms with Crippen LogP contribution in [0.4, 0.5) is 0 Å². The van der Waals surface area contributed by atoms with Gasteiger partial charge in [-0.3, -0.25) is 4.79 Å². The van der Waals surface area contributed by atoms with Gasteiger partial charge in [-0.1, -0.05) is 36.0 Å². The molecule has 0 radical (unpaired) electrons. The van der Waals surface area contributed by atoms with E-state index in [1.54, 1.807) is 6.92 Å². The van der Waals surface area contributed by atoms with Gasteiger partial charge in [0.05, 0.1) is 17.8 Å². The quantitative estimate of drug-likeness (QED) is 0.826. The molecule has 130 valence electrons. The number of benzene rings is 1. The van der Waals surface area contributed by atoms with Crippen LogP contribution in [0.5, 0.6) is 0 Å². The third kappa shape index (κ3) is 4.51. The molecule has 0 unspecified atom stereocenters. The molecule has 0 saturated carbocycles. The standard InChI is InChI=1S/C18H25BO4S/c1-13(21)24-12-16(10-14-7-6-8-15(9-14)11-20)19-22-17(2,3)18(4,5)23-19/h6-10,20H,11-12H2,1-5H3. The Bertz CT molecular complexity index is 624. The smallest absolute Gasteiger partial charge is 0.400 e. The van der Waals surface area contributed by atoms with Crippen molar-refractivity contribution in [2.24, 2.45) is 0 Å². The zero-order chi connectivity index (χ0) is 18.0. The summed E-state index contributed by atoms with van der Waals surface area (Å²) in [6.07, 6.45) is 1.98. The Kier molecular flexibility index (Phi) is 5.97. The van der Waals surface area contributed by atoms with E-state index in [-0.39, 0.29) is 11.7 Å². The predicted molar refractivity (Wildman–Crippen MR) is 99.6 cm³/mol. The SMILES string of the molecule is CC(=O)SCC(=Cc1cccc(CO)c1)B1OC(C)(C)C(C)(C)O1. The van der Waals surface area contributed by atoms with Crippen LogP contribution >= 0.6 is 11.8 Å². The van der Waals surface area contributed by atoms with Crippen molar-refractivity contribution < 1.29 is 19.2 Å². The second-order valence-corrected chi connectivity index (χ2v) is 8.14. The first kappa shape index (κ1) is 19.3. The summed E-state index contributed by atoms with van der Waals surface area (Å²) in [7, 11) is -0.486. The lowest BCUT2D eigenvalue weighted by molar-refractivity contribution is -0.109. The number of hydrogen-bond acceptors (Lipinski definition) is 5. The number of carbonyl (C=O) groups is 1. The van der Waals surface area contributed by atoms with Crippen LogP contribution in [0.15, 0.2) is 29.7 Å². The van der Waals surface area contributed by atoms with Gasteiger partial charge in [-0.15, -0.1) is 0 Å². The Labute approximate surface area is 148 Å². The van der Waals surface area contributed by atoms with E-state index in [1.807, 2.05) is 58.0 Å². The van der Waals surface area contributed by atoms with Gasteiger partial charge in [0.25, 0.3) is 0 Å². The molecule has 1 aliphatic rings. The molecule has 24 heavy (non-hydrogen) atoms. The maximum atomic E-state index is 11.4. The number of aliphatic hydroxyl groups is 1. The third-order valence-electron chi connectivity index (χ3n) is 4.48. The highest BCUT2D eigenvalue weighted by Crippen LogP contribution is 2.39. The summed E-state index contributed by atoms with van der Waals surface area (Å²) < 4.78 is 12.2. The number of carbonyl (C=O) groups excluding carboxylic acids is 1. The lowest BCUT2D eigenvalue weighted by Crippen LogP contribution is -2.41. The van der Waals surface area contributed by atoms with Crippen LogP contribution in [0.1, 0.15) is 45.7 Å². The number of aliphatic hydroxyl groups excluding tert-OH is 1. The molecule has 0 atom stereocenters. The van der Waals surface area contributed by atoms with E-state index in [1.165, 1.54) is 11.8 Å². The van der Waals surface area contributed by atoms with Crippen molar-refractivity contribution in [1.82, 2.24) is 0 Å². The highest BCUT2D eigenvalue weighted by molar-refractivity contribution is 8.13. The summed E-state index contributed by atoms with van der Waals surface area (Å²) in [6, 6.07) is 7.65. The molecular formula is C18H25BO4S. The molecule has 0 bridgehead atoms. The molecule has 4 nitrogen and oxygen atoms in total. The Balaban J connectivity index is 2.31. The third-order valence-corrected chi connectivity index (χ3v) is 5.37. The van der Waals surface area contributed by atoms with Gasteiger partial charge in [0.2, 0.25) is 0 Å². The Morgan fingerprint density at radius 1 is 1.25 bits per heavy atom. The van der Waals surface area contributed by atoms with E-state index >= 15 is 0 Å². The molecule has 1 aliphatic heterocycles. The normalized spacial score (nSPS) is 19.6. The van der Waals surface area contributed by atoms with Gasteiger partial charge in [-0.05, 0) is 50.4 Å². The first-order valence-corrected chi connectivity index (χ1v) is 9.02. The maximum absolute atomic E-state index is 11.4. The number of hydrogen-bond donors (Lipinski definition) is 1. The summed E-state index contributed by atoms with van der Waals surface area (Å²) in [6.45, 7) is 9.59. The minimum Gasteiger partial charge on any atom is -0.400 e. The lowest BCUT2D eigenvalue weighted by atomic mass is 9.78. The molecule has 1 N–H and O–H groups in total. The van der Waals surface area contributed by atoms with Gasteiger partial charge in [-0.25, -0.2) is 0 Å². The van der Waals surface area contributed by atoms with Gasteiger partial charge in [0, 0.05) is 12.7 Å². The molecular weight excluding hydrogens is 323 g/mol. The molecule has 1 aromatic carbocycles. The molecule has 0 aromatic heterocycles. The van der Waals surface area contributed by atoms with E-state index in [0.717, 1.165) is 16.6 Å². The van der Waals surface area contributed by atoms with E-state index in [4.69, 9.17) is 9.31 Å². The molecule has 1 fully saturated rings. The number of thioether (sulfide) groups is 1. The largest absolute Gasteiger partial charge is 0.491 e. The molecule has 6 heteroatoms. The summed E-state index contributed by atoms with van der Waals surface area (Å²) >= 11 is 1.24. The van der Waals surface area contributed by atoms with E-state index in [0.29, 0.717) is 5.75 Å². The Hall–Kier alpha value is -1.08. The predicted octanol–water partition coefficient (Wildman–Crippen LogP) is 3.47. The molecule has 0 amide bonds. The van der Waals surface area contributed by atoms with Crippen molar-refractivity contribution in [1.29, 1.82) is 0 Å². The summed E-state index contributed by atoms with van der Waals surface area (Å²) in [5, 5.41) is 9.36. The average Bonchev–Trinajstić information content (AvgIpc) is 2.71. The molecule has 1 heterocycles. The Morgan fingerprint density at radius 2 is 1.88 bits per heavy atom. The van der Waals surface area contributed by atoms with E-state index < -0.39 is 18.3 Å². The highest BCUT2D eigenvalue weighted by atomic mass is 32.2. The first-order valence-electron chi connectivity index (χ1n) is 8.04. The van der Waals surface area contributed by atoms with Crippen LogP contribution in [0, 0.1) is 0 Å².